The van der Waals surface area contributed by atoms with Gasteiger partial charge in [-0.25, -0.2) is 4.68 Å². The van der Waals surface area contributed by atoms with Crippen LogP contribution in [0.4, 0.5) is 17.2 Å². The molecule has 4 aromatic carbocycles. The second-order valence-corrected chi connectivity index (χ2v) is 15.3. The topological polar surface area (TPSA) is 158 Å². The molecule has 3 N–H and O–H groups in total. The lowest BCUT2D eigenvalue weighted by Gasteiger charge is -2.30. The summed E-state index contributed by atoms with van der Waals surface area (Å²) in [6, 6.07) is 20.1. The van der Waals surface area contributed by atoms with Gasteiger partial charge in [-0.15, -0.1) is 0 Å². The normalized spacial score (nSPS) is 11.6. The Bertz CT molecular complexity index is 2290. The molecule has 288 valence electrons. The molecule has 0 unspecified atom stereocenters. The summed E-state index contributed by atoms with van der Waals surface area (Å²) in [5.74, 6) is -0.979. The molecule has 5 rings (SSSR count). The molecule has 2 amide bonds. The number of aromatic nitrogens is 2. The molecular weight excluding hydrogens is 769 g/mol. The van der Waals surface area contributed by atoms with Gasteiger partial charge < -0.3 is 20.1 Å². The van der Waals surface area contributed by atoms with Gasteiger partial charge in [0.2, 0.25) is 5.75 Å². The smallest absolute Gasteiger partial charge is 0.316 e. The van der Waals surface area contributed by atoms with E-state index in [9.17, 15) is 24.5 Å². The molecule has 0 aliphatic rings. The third kappa shape index (κ3) is 9.33. The van der Waals surface area contributed by atoms with Gasteiger partial charge in [0, 0.05) is 34.0 Å². The van der Waals surface area contributed by atoms with Crippen LogP contribution in [0.15, 0.2) is 83.7 Å². The number of anilines is 2. The van der Waals surface area contributed by atoms with Gasteiger partial charge in [-0.3, -0.25) is 29.6 Å². The first-order valence-electron chi connectivity index (χ1n) is 17.4. The Morgan fingerprint density at radius 1 is 0.873 bits per heavy atom. The lowest BCUT2D eigenvalue weighted by molar-refractivity contribution is -0.384. The molecule has 0 atom stereocenters. The highest BCUT2D eigenvalue weighted by atomic mass is 35.5. The van der Waals surface area contributed by atoms with Gasteiger partial charge in [0.15, 0.2) is 12.4 Å². The fourth-order valence-corrected chi connectivity index (χ4v) is 6.51. The van der Waals surface area contributed by atoms with E-state index >= 15 is 0 Å². The summed E-state index contributed by atoms with van der Waals surface area (Å²) in [5, 5.41) is 19.6. The van der Waals surface area contributed by atoms with Crippen LogP contribution in [0, 0.1) is 10.1 Å². The van der Waals surface area contributed by atoms with Crippen LogP contribution in [0.1, 0.15) is 75.9 Å². The number of amides is 2. The first kappa shape index (κ1) is 40.9. The maximum Gasteiger partial charge on any atom is 0.316 e. The maximum atomic E-state index is 13.7. The van der Waals surface area contributed by atoms with Gasteiger partial charge >= 0.3 is 5.56 Å². The monoisotopic (exact) mass is 807 g/mol. The fraction of sp³-hybridized carbons (Fsp3) is 0.275. The molecule has 15 heteroatoms. The van der Waals surface area contributed by atoms with Gasteiger partial charge in [-0.2, -0.15) is 0 Å². The van der Waals surface area contributed by atoms with Crippen LogP contribution in [0.5, 0.6) is 17.2 Å². The molecule has 0 saturated carbocycles. The molecule has 1 aromatic heterocycles. The molecule has 0 fully saturated rings. The Morgan fingerprint density at radius 3 is 2.15 bits per heavy atom. The number of hydrogen-bond acceptors (Lipinski definition) is 7. The molecule has 0 aliphatic carbocycles. The lowest BCUT2D eigenvalue weighted by atomic mass is 9.76. The number of carbonyl (C=O) groups is 2. The Balaban J connectivity index is 1.37. The number of rotatable bonds is 14. The number of nitro groups is 1. The fourth-order valence-electron chi connectivity index (χ4n) is 5.53. The van der Waals surface area contributed by atoms with Crippen molar-refractivity contribution in [2.45, 2.75) is 65.2 Å². The summed E-state index contributed by atoms with van der Waals surface area (Å²) in [6.45, 7) is 12.7. The van der Waals surface area contributed by atoms with E-state index in [0.29, 0.717) is 11.4 Å². The number of non-ortho nitro benzene ring substituents is 1. The van der Waals surface area contributed by atoms with Crippen molar-refractivity contribution in [2.75, 3.05) is 17.2 Å². The Labute approximate surface area is 332 Å². The number of nitrogens with one attached hydrogen (secondary N) is 3. The molecule has 1 heterocycles. The number of carbonyl (C=O) groups excluding carboxylic acids is 2. The summed E-state index contributed by atoms with van der Waals surface area (Å²) in [4.78, 5) is 51.0. The van der Waals surface area contributed by atoms with E-state index < -0.39 is 22.3 Å². The molecule has 12 nitrogen and oxygen atoms in total. The third-order valence-corrected chi connectivity index (χ3v) is 10.4. The minimum absolute atomic E-state index is 0.0228. The average Bonchev–Trinajstić information content (AvgIpc) is 3.43. The number of halogens is 3. The summed E-state index contributed by atoms with van der Waals surface area (Å²) >= 11 is 18.9. The summed E-state index contributed by atoms with van der Waals surface area (Å²) in [7, 11) is 0. The second kappa shape index (κ2) is 16.6. The van der Waals surface area contributed by atoms with E-state index in [1.165, 1.54) is 54.1 Å². The second-order valence-electron chi connectivity index (χ2n) is 14.1. The average molecular weight is 809 g/mol. The molecule has 0 spiro atoms. The molecule has 0 aliphatic heterocycles. The maximum absolute atomic E-state index is 13.7. The zero-order chi connectivity index (χ0) is 40.2. The molecule has 55 heavy (non-hydrogen) atoms. The number of aromatic amines is 1. The molecule has 5 aromatic rings. The van der Waals surface area contributed by atoms with Crippen LogP contribution in [0.2, 0.25) is 15.1 Å². The summed E-state index contributed by atoms with van der Waals surface area (Å²) < 4.78 is 12.9. The molecule has 0 saturated heterocycles. The van der Waals surface area contributed by atoms with E-state index in [1.807, 2.05) is 12.1 Å². The van der Waals surface area contributed by atoms with Crippen LogP contribution in [0.3, 0.4) is 0 Å². The number of ether oxygens (including phenoxy) is 2. The van der Waals surface area contributed by atoms with Crippen LogP contribution in [-0.4, -0.2) is 33.1 Å². The number of nitrogens with zero attached hydrogens (tertiary/aromatic N) is 2. The number of benzene rings is 4. The predicted octanol–water partition coefficient (Wildman–Crippen LogP) is 10.5. The molecule has 0 radical (unpaired) electrons. The van der Waals surface area contributed by atoms with E-state index in [1.54, 1.807) is 12.1 Å². The standard InChI is InChI=1S/C40H40Cl3N5O7/c1-7-39(3,4)24-12-17-32(29(19-24)40(5,6)8-2)54-22-33(49)44-26-11-9-10-23(18-26)37(50)45-36-35(55-28-15-13-27(14-16-28)48(52)53)38(51)47(46-36)34-30(42)20-25(41)21-31(34)43/h9-21,46H,7-8,22H2,1-6H3,(H,44,49)(H,45,50). The van der Waals surface area contributed by atoms with Crippen molar-refractivity contribution in [3.8, 4) is 22.9 Å². The Kier molecular flexibility index (Phi) is 12.3. The highest BCUT2D eigenvalue weighted by molar-refractivity contribution is 6.40. The molecule has 0 bridgehead atoms. The molecular formula is C40H40Cl3N5O7. The van der Waals surface area contributed by atoms with E-state index in [4.69, 9.17) is 44.3 Å². The quantitative estimate of drug-likeness (QED) is 0.0744. The van der Waals surface area contributed by atoms with Crippen molar-refractivity contribution >= 4 is 63.8 Å². The van der Waals surface area contributed by atoms with Crippen LogP contribution < -0.4 is 25.7 Å². The predicted molar refractivity (Wildman–Crippen MR) is 216 cm³/mol. The van der Waals surface area contributed by atoms with E-state index in [0.717, 1.165) is 23.1 Å². The van der Waals surface area contributed by atoms with Gasteiger partial charge in [0.25, 0.3) is 17.5 Å². The largest absolute Gasteiger partial charge is 0.483 e. The van der Waals surface area contributed by atoms with Crippen LogP contribution in [0.25, 0.3) is 5.69 Å². The van der Waals surface area contributed by atoms with Crippen molar-refractivity contribution in [1.29, 1.82) is 0 Å². The Morgan fingerprint density at radius 2 is 1.53 bits per heavy atom. The number of H-pyrrole nitrogens is 1. The third-order valence-electron chi connectivity index (χ3n) is 9.58. The first-order chi connectivity index (χ1) is 25.9. The summed E-state index contributed by atoms with van der Waals surface area (Å²) in [5.41, 5.74) is 1.48. The van der Waals surface area contributed by atoms with Gasteiger partial charge in [-0.05, 0) is 77.8 Å². The van der Waals surface area contributed by atoms with Gasteiger partial charge in [0.05, 0.1) is 15.0 Å². The van der Waals surface area contributed by atoms with Crippen molar-refractivity contribution < 1.29 is 24.0 Å². The minimum Gasteiger partial charge on any atom is -0.483 e. The SMILES string of the molecule is CCC(C)(C)c1ccc(OCC(=O)Nc2cccc(C(=O)Nc3[nH]n(-c4c(Cl)cc(Cl)cc4Cl)c(=O)c3Oc3ccc([N+](=O)[O-])cc3)c2)c(C(C)(C)CC)c1. The van der Waals surface area contributed by atoms with Gasteiger partial charge in [-0.1, -0.05) is 94.5 Å². The Hall–Kier alpha value is -5.30. The van der Waals surface area contributed by atoms with Crippen molar-refractivity contribution in [2.24, 2.45) is 0 Å². The highest BCUT2D eigenvalue weighted by Gasteiger charge is 2.27. The number of nitro benzene ring substituents is 1. The zero-order valence-corrected chi connectivity index (χ0v) is 33.3. The van der Waals surface area contributed by atoms with E-state index in [-0.39, 0.29) is 66.8 Å². The van der Waals surface area contributed by atoms with Crippen LogP contribution in [-0.2, 0) is 15.6 Å². The zero-order valence-electron chi connectivity index (χ0n) is 31.0. The van der Waals surface area contributed by atoms with Crippen molar-refractivity contribution in [3.63, 3.8) is 0 Å². The van der Waals surface area contributed by atoms with Crippen molar-refractivity contribution in [1.82, 2.24) is 9.78 Å². The highest BCUT2D eigenvalue weighted by Crippen LogP contribution is 2.39. The summed E-state index contributed by atoms with van der Waals surface area (Å²) in [6.07, 6.45) is 1.83. The lowest BCUT2D eigenvalue weighted by Crippen LogP contribution is -2.24. The minimum atomic E-state index is -0.796. The number of hydrogen-bond donors (Lipinski definition) is 3. The van der Waals surface area contributed by atoms with E-state index in [2.05, 4.69) is 63.3 Å². The van der Waals surface area contributed by atoms with Gasteiger partial charge in [0.1, 0.15) is 17.2 Å². The van der Waals surface area contributed by atoms with Crippen molar-refractivity contribution in [3.05, 3.63) is 131 Å². The van der Waals surface area contributed by atoms with Crippen LogP contribution >= 0.6 is 34.8 Å². The first-order valence-corrected chi connectivity index (χ1v) is 18.5.